The van der Waals surface area contributed by atoms with Crippen LogP contribution in [0.1, 0.15) is 17.5 Å². The maximum atomic E-state index is 9.00. The van der Waals surface area contributed by atoms with Gasteiger partial charge < -0.3 is 10.8 Å². The molecule has 0 aliphatic rings. The van der Waals surface area contributed by atoms with E-state index < -0.39 is 5.97 Å². The highest BCUT2D eigenvalue weighted by atomic mass is 32.1. The second kappa shape index (κ2) is 5.26. The second-order valence-corrected chi connectivity index (χ2v) is 3.05. The summed E-state index contributed by atoms with van der Waals surface area (Å²) in [6.07, 6.45) is 0. The topological polar surface area (TPSA) is 100 Å². The highest BCUT2D eigenvalue weighted by molar-refractivity contribution is 7.11. The van der Waals surface area contributed by atoms with Crippen LogP contribution in [0, 0.1) is 12.3 Å². The van der Waals surface area contributed by atoms with E-state index in [9.17, 15) is 0 Å². The van der Waals surface area contributed by atoms with Crippen LogP contribution in [0.3, 0.4) is 0 Å². The third-order valence-corrected chi connectivity index (χ3v) is 1.95. The van der Waals surface area contributed by atoms with Crippen LogP contribution in [0.2, 0.25) is 0 Å². The Bertz CT molecular complexity index is 304. The monoisotopic (exact) mass is 201 g/mol. The van der Waals surface area contributed by atoms with E-state index in [1.807, 2.05) is 6.92 Å². The Balaban J connectivity index is 0.000000310. The normalized spacial score (nSPS) is 8.46. The zero-order valence-corrected chi connectivity index (χ0v) is 8.18. The molecule has 0 atom stereocenters. The summed E-state index contributed by atoms with van der Waals surface area (Å²) in [5.74, 6) is -0.727. The Morgan fingerprint density at radius 2 is 2.23 bits per heavy atom. The van der Waals surface area contributed by atoms with E-state index in [0.29, 0.717) is 0 Å². The molecule has 1 aromatic rings. The van der Waals surface area contributed by atoms with E-state index in [1.165, 1.54) is 11.3 Å². The van der Waals surface area contributed by atoms with Gasteiger partial charge in [0.1, 0.15) is 5.84 Å². The number of carboxylic acid groups (broad SMARTS) is 1. The number of nitrogens with one attached hydrogen (secondary N) is 1. The van der Waals surface area contributed by atoms with Crippen molar-refractivity contribution >= 4 is 23.1 Å². The molecule has 0 aliphatic carbocycles. The van der Waals surface area contributed by atoms with Crippen molar-refractivity contribution < 1.29 is 9.90 Å². The molecule has 0 spiro atoms. The van der Waals surface area contributed by atoms with E-state index in [4.69, 9.17) is 21.0 Å². The van der Waals surface area contributed by atoms with Gasteiger partial charge in [0.15, 0.2) is 0 Å². The van der Waals surface area contributed by atoms with Crippen molar-refractivity contribution in [2.75, 3.05) is 0 Å². The van der Waals surface area contributed by atoms with Crippen LogP contribution in [-0.2, 0) is 4.79 Å². The van der Waals surface area contributed by atoms with Gasteiger partial charge in [-0.05, 0) is 6.92 Å². The number of aryl methyl sites for hydroxylation is 1. The van der Waals surface area contributed by atoms with E-state index in [0.717, 1.165) is 17.5 Å². The summed E-state index contributed by atoms with van der Waals surface area (Å²) < 4.78 is 0. The minimum absolute atomic E-state index is 0.106. The predicted molar refractivity (Wildman–Crippen MR) is 51.2 cm³/mol. The smallest absolute Gasteiger partial charge is 0.300 e. The van der Waals surface area contributed by atoms with Gasteiger partial charge in [-0.15, -0.1) is 11.3 Å². The van der Waals surface area contributed by atoms with Gasteiger partial charge in [0.2, 0.25) is 0 Å². The van der Waals surface area contributed by atoms with Gasteiger partial charge in [-0.2, -0.15) is 0 Å². The summed E-state index contributed by atoms with van der Waals surface area (Å²) in [5.41, 5.74) is 7.74. The third kappa shape index (κ3) is 4.91. The number of hydrogen-bond acceptors (Lipinski definition) is 4. The minimum Gasteiger partial charge on any atom is -0.481 e. The largest absolute Gasteiger partial charge is 0.481 e. The Morgan fingerprint density at radius 3 is 2.38 bits per heavy atom. The minimum atomic E-state index is -0.833. The van der Waals surface area contributed by atoms with Crippen LogP contribution in [0.4, 0.5) is 0 Å². The van der Waals surface area contributed by atoms with Crippen molar-refractivity contribution in [2.24, 2.45) is 5.73 Å². The predicted octanol–water partition coefficient (Wildman–Crippen LogP) is 0.826. The summed E-state index contributed by atoms with van der Waals surface area (Å²) in [5, 5.41) is 14.5. The lowest BCUT2D eigenvalue weighted by Crippen LogP contribution is -2.10. The number of amidine groups is 1. The fraction of sp³-hybridized carbons (Fsp3) is 0.286. The fourth-order valence-electron chi connectivity index (χ4n) is 0.560. The Labute approximate surface area is 79.7 Å². The van der Waals surface area contributed by atoms with Crippen LogP contribution >= 0.6 is 11.3 Å². The van der Waals surface area contributed by atoms with E-state index in [-0.39, 0.29) is 5.84 Å². The Hall–Kier alpha value is -1.43. The van der Waals surface area contributed by atoms with Crippen molar-refractivity contribution in [3.63, 3.8) is 0 Å². The molecule has 13 heavy (non-hydrogen) atoms. The maximum Gasteiger partial charge on any atom is 0.300 e. The van der Waals surface area contributed by atoms with Crippen LogP contribution < -0.4 is 5.73 Å². The first-order valence-corrected chi connectivity index (χ1v) is 4.27. The van der Waals surface area contributed by atoms with Gasteiger partial charge in [0.25, 0.3) is 5.97 Å². The zero-order valence-electron chi connectivity index (χ0n) is 7.37. The lowest BCUT2D eigenvalue weighted by molar-refractivity contribution is -0.134. The molecule has 0 aliphatic heterocycles. The standard InChI is InChI=1S/C5H7N3S.C2H4O2/c1-3-4(5(6)7)9-2-8-3;1-2(3)4/h2H,1H3,(H3,6,7);1H3,(H,3,4). The van der Waals surface area contributed by atoms with Crippen LogP contribution in [0.5, 0.6) is 0 Å². The molecule has 0 amide bonds. The lowest BCUT2D eigenvalue weighted by Gasteiger charge is -1.89. The van der Waals surface area contributed by atoms with E-state index >= 15 is 0 Å². The summed E-state index contributed by atoms with van der Waals surface area (Å²) in [4.78, 5) is 13.7. The summed E-state index contributed by atoms with van der Waals surface area (Å²) >= 11 is 1.40. The summed E-state index contributed by atoms with van der Waals surface area (Å²) in [6.45, 7) is 2.92. The molecule has 0 bridgehead atoms. The molecular weight excluding hydrogens is 190 g/mol. The van der Waals surface area contributed by atoms with Gasteiger partial charge in [-0.1, -0.05) is 0 Å². The first kappa shape index (κ1) is 11.6. The Kier molecular flexibility index (Phi) is 4.68. The molecule has 1 heterocycles. The van der Waals surface area contributed by atoms with Crippen LogP contribution in [0.15, 0.2) is 5.51 Å². The van der Waals surface area contributed by atoms with Crippen molar-refractivity contribution in [2.45, 2.75) is 13.8 Å². The van der Waals surface area contributed by atoms with Crippen LogP contribution in [0.25, 0.3) is 0 Å². The Morgan fingerprint density at radius 1 is 1.77 bits per heavy atom. The molecule has 1 rings (SSSR count). The van der Waals surface area contributed by atoms with E-state index in [2.05, 4.69) is 4.98 Å². The highest BCUT2D eigenvalue weighted by Gasteiger charge is 2.01. The molecule has 0 aromatic carbocycles. The van der Waals surface area contributed by atoms with Crippen molar-refractivity contribution in [3.8, 4) is 0 Å². The molecule has 0 unspecified atom stereocenters. The second-order valence-electron chi connectivity index (χ2n) is 2.20. The quantitative estimate of drug-likeness (QED) is 0.462. The number of thiazole rings is 1. The lowest BCUT2D eigenvalue weighted by atomic mass is 10.4. The number of nitrogen functional groups attached to an aromatic ring is 1. The molecule has 5 nitrogen and oxygen atoms in total. The molecule has 0 fully saturated rings. The first-order valence-electron chi connectivity index (χ1n) is 3.39. The number of carbonyl (C=O) groups is 1. The average molecular weight is 201 g/mol. The van der Waals surface area contributed by atoms with Crippen LogP contribution in [-0.4, -0.2) is 21.9 Å². The van der Waals surface area contributed by atoms with Gasteiger partial charge in [-0.25, -0.2) is 4.98 Å². The molecule has 0 saturated carbocycles. The van der Waals surface area contributed by atoms with Crippen molar-refractivity contribution in [1.29, 1.82) is 5.41 Å². The highest BCUT2D eigenvalue weighted by Crippen LogP contribution is 2.09. The number of aliphatic carboxylic acids is 1. The summed E-state index contributed by atoms with van der Waals surface area (Å²) in [6, 6.07) is 0. The van der Waals surface area contributed by atoms with Gasteiger partial charge in [0, 0.05) is 6.92 Å². The number of aromatic nitrogens is 1. The SMILES string of the molecule is CC(=O)O.Cc1ncsc1C(=N)N. The third-order valence-electron chi connectivity index (χ3n) is 0.990. The number of hydrogen-bond donors (Lipinski definition) is 3. The van der Waals surface area contributed by atoms with Gasteiger partial charge in [0.05, 0.1) is 16.1 Å². The molecular formula is C7H11N3O2S. The number of nitrogens with two attached hydrogens (primary N) is 1. The number of nitrogens with zero attached hydrogens (tertiary/aromatic N) is 1. The zero-order chi connectivity index (χ0) is 10.4. The number of rotatable bonds is 1. The number of carboxylic acids is 1. The van der Waals surface area contributed by atoms with Crippen molar-refractivity contribution in [1.82, 2.24) is 4.98 Å². The van der Waals surface area contributed by atoms with Gasteiger partial charge >= 0.3 is 0 Å². The molecule has 72 valence electrons. The molecule has 0 radical (unpaired) electrons. The maximum absolute atomic E-state index is 9.00. The van der Waals surface area contributed by atoms with E-state index in [1.54, 1.807) is 5.51 Å². The van der Waals surface area contributed by atoms with Gasteiger partial charge in [-0.3, -0.25) is 10.2 Å². The average Bonchev–Trinajstić information content (AvgIpc) is 2.33. The molecule has 0 saturated heterocycles. The fourth-order valence-corrected chi connectivity index (χ4v) is 1.23. The molecule has 4 N–H and O–H groups in total. The first-order chi connectivity index (χ1) is 5.95. The molecule has 6 heteroatoms. The summed E-state index contributed by atoms with van der Waals surface area (Å²) in [7, 11) is 0. The van der Waals surface area contributed by atoms with Crippen molar-refractivity contribution in [3.05, 3.63) is 16.1 Å². The molecule has 1 aromatic heterocycles.